The summed E-state index contributed by atoms with van der Waals surface area (Å²) in [6, 6.07) is 16.6. The van der Waals surface area contributed by atoms with Gasteiger partial charge in [-0.2, -0.15) is 5.10 Å². The fourth-order valence-corrected chi connectivity index (χ4v) is 6.39. The van der Waals surface area contributed by atoms with E-state index in [9.17, 15) is 0 Å². The Labute approximate surface area is 229 Å². The van der Waals surface area contributed by atoms with E-state index in [2.05, 4.69) is 50.2 Å². The molecule has 3 aromatic heterocycles. The highest BCUT2D eigenvalue weighted by atomic mass is 35.5. The quantitative estimate of drug-likeness (QED) is 0.232. The van der Waals surface area contributed by atoms with Crippen LogP contribution in [0.3, 0.4) is 0 Å². The van der Waals surface area contributed by atoms with Crippen LogP contribution < -0.4 is 10.0 Å². The van der Waals surface area contributed by atoms with E-state index in [4.69, 9.17) is 21.3 Å². The lowest BCUT2D eigenvalue weighted by Gasteiger charge is -2.53. The van der Waals surface area contributed by atoms with E-state index in [-0.39, 0.29) is 0 Å². The van der Waals surface area contributed by atoms with E-state index < -0.39 is 0 Å². The van der Waals surface area contributed by atoms with E-state index in [1.807, 2.05) is 41.0 Å². The fourth-order valence-electron chi connectivity index (χ4n) is 5.46. The van der Waals surface area contributed by atoms with Crippen LogP contribution in [0.25, 0.3) is 27.7 Å². The molecule has 2 aromatic carbocycles. The minimum atomic E-state index is 0.407. The first-order valence-electron chi connectivity index (χ1n) is 12.8. The summed E-state index contributed by atoms with van der Waals surface area (Å²) in [5.41, 5.74) is 5.50. The molecule has 0 bridgehead atoms. The lowest BCUT2D eigenvalue weighted by molar-refractivity contribution is -0.159. The Hall–Kier alpha value is -3.40. The maximum absolute atomic E-state index is 6.32. The molecule has 7 rings (SSSR count). The summed E-state index contributed by atoms with van der Waals surface area (Å²) in [6.07, 6.45) is 6.61. The number of ether oxygens (including phenoxy) is 1. The molecule has 10 heteroatoms. The van der Waals surface area contributed by atoms with Gasteiger partial charge in [-0.3, -0.25) is 0 Å². The van der Waals surface area contributed by atoms with Crippen molar-refractivity contribution in [2.45, 2.75) is 37.1 Å². The summed E-state index contributed by atoms with van der Waals surface area (Å²) in [7, 11) is 0. The number of hydrogen-bond acceptors (Lipinski definition) is 8. The number of fused-ring (bicyclic) bond motifs is 2. The highest BCUT2D eigenvalue weighted by Crippen LogP contribution is 2.47. The van der Waals surface area contributed by atoms with Crippen LogP contribution in [0.5, 0.6) is 0 Å². The highest BCUT2D eigenvalue weighted by Gasteiger charge is 2.49. The predicted molar refractivity (Wildman–Crippen MR) is 152 cm³/mol. The van der Waals surface area contributed by atoms with Gasteiger partial charge in [-0.05, 0) is 73.2 Å². The van der Waals surface area contributed by atoms with Crippen molar-refractivity contribution >= 4 is 51.7 Å². The van der Waals surface area contributed by atoms with Gasteiger partial charge in [0.2, 0.25) is 5.95 Å². The maximum atomic E-state index is 6.32. The van der Waals surface area contributed by atoms with Crippen LogP contribution in [-0.2, 0) is 11.2 Å². The molecule has 2 fully saturated rings. The van der Waals surface area contributed by atoms with Gasteiger partial charge in [-0.1, -0.05) is 30.7 Å². The number of nitrogens with zero attached hydrogens (tertiary/aromatic N) is 5. The van der Waals surface area contributed by atoms with Crippen LogP contribution >= 0.6 is 23.5 Å². The Morgan fingerprint density at radius 3 is 2.79 bits per heavy atom. The Balaban J connectivity index is 1.17. The van der Waals surface area contributed by atoms with Crippen molar-refractivity contribution in [3.8, 4) is 11.3 Å². The molecule has 0 amide bonds. The van der Waals surface area contributed by atoms with Crippen molar-refractivity contribution in [2.24, 2.45) is 5.41 Å². The molecule has 38 heavy (non-hydrogen) atoms. The molecule has 1 saturated heterocycles. The lowest BCUT2D eigenvalue weighted by atomic mass is 9.64. The summed E-state index contributed by atoms with van der Waals surface area (Å²) < 4.78 is 10.6. The molecule has 0 unspecified atom stereocenters. The Morgan fingerprint density at radius 2 is 2.00 bits per heavy atom. The summed E-state index contributed by atoms with van der Waals surface area (Å²) in [6.45, 7) is 3.94. The SMILES string of the molecule is CCc1cc(-c2ccc3c(NSc4ccccc4Cl)ncnn23)cc2cnc(NC3CC4(COC4)C3)nc12. The van der Waals surface area contributed by atoms with E-state index in [1.54, 1.807) is 6.33 Å². The van der Waals surface area contributed by atoms with Crippen molar-refractivity contribution in [1.29, 1.82) is 0 Å². The molecule has 0 radical (unpaired) electrons. The molecule has 4 heterocycles. The summed E-state index contributed by atoms with van der Waals surface area (Å²) in [4.78, 5) is 15.0. The zero-order valence-electron chi connectivity index (χ0n) is 20.8. The molecular formula is C28H26ClN7OS. The standard InChI is InChI=1S/C28H26ClN7OS/c1-2-17-9-18(10-19-13-30-27(34-25(17)19)33-20-11-28(12-20)14-37-15-28)22-7-8-23-26(31-16-32-36(22)23)35-38-24-6-4-3-5-21(24)29/h3-10,13,16,20H,2,11-12,14-15H2,1H3,(H,30,33,34)(H,31,32,35). The third-order valence-corrected chi connectivity index (χ3v) is 8.81. The first kappa shape index (κ1) is 23.7. The van der Waals surface area contributed by atoms with E-state index in [0.717, 1.165) is 70.9 Å². The fraction of sp³-hybridized carbons (Fsp3) is 0.286. The Kier molecular flexibility index (Phi) is 5.87. The molecule has 1 aliphatic carbocycles. The largest absolute Gasteiger partial charge is 0.380 e. The molecule has 8 nitrogen and oxygen atoms in total. The number of aryl methyl sites for hydroxylation is 1. The zero-order valence-corrected chi connectivity index (χ0v) is 22.4. The van der Waals surface area contributed by atoms with Crippen molar-refractivity contribution in [1.82, 2.24) is 24.6 Å². The number of hydrogen-bond donors (Lipinski definition) is 2. The number of anilines is 2. The van der Waals surface area contributed by atoms with Crippen LogP contribution in [0.2, 0.25) is 5.02 Å². The Bertz CT molecular complexity index is 1660. The second-order valence-electron chi connectivity index (χ2n) is 10.1. The minimum absolute atomic E-state index is 0.407. The van der Waals surface area contributed by atoms with E-state index >= 15 is 0 Å². The third kappa shape index (κ3) is 4.15. The smallest absolute Gasteiger partial charge is 0.223 e. The monoisotopic (exact) mass is 543 g/mol. The molecule has 2 N–H and O–H groups in total. The minimum Gasteiger partial charge on any atom is -0.380 e. The lowest BCUT2D eigenvalue weighted by Crippen LogP contribution is -2.56. The van der Waals surface area contributed by atoms with E-state index in [1.165, 1.54) is 17.5 Å². The predicted octanol–water partition coefficient (Wildman–Crippen LogP) is 6.27. The molecule has 5 aromatic rings. The zero-order chi connectivity index (χ0) is 25.7. The molecule has 0 atom stereocenters. The van der Waals surface area contributed by atoms with Crippen LogP contribution in [-0.4, -0.2) is 43.8 Å². The average Bonchev–Trinajstić information content (AvgIpc) is 3.33. The van der Waals surface area contributed by atoms with Gasteiger partial charge in [0.25, 0.3) is 0 Å². The number of rotatable bonds is 7. The summed E-state index contributed by atoms with van der Waals surface area (Å²) in [5, 5.41) is 9.79. The normalized spacial score (nSPS) is 16.5. The number of nitrogens with one attached hydrogen (secondary N) is 2. The van der Waals surface area contributed by atoms with Gasteiger partial charge in [0.15, 0.2) is 5.82 Å². The van der Waals surface area contributed by atoms with Crippen molar-refractivity contribution < 1.29 is 4.74 Å². The molecule has 1 spiro atoms. The summed E-state index contributed by atoms with van der Waals surface area (Å²) in [5.74, 6) is 1.42. The molecular weight excluding hydrogens is 518 g/mol. The maximum Gasteiger partial charge on any atom is 0.223 e. The van der Waals surface area contributed by atoms with Gasteiger partial charge in [-0.15, -0.1) is 0 Å². The Morgan fingerprint density at radius 1 is 1.13 bits per heavy atom. The second-order valence-corrected chi connectivity index (χ2v) is 11.4. The number of halogens is 1. The average molecular weight is 544 g/mol. The van der Waals surface area contributed by atoms with Crippen molar-refractivity contribution in [3.63, 3.8) is 0 Å². The third-order valence-electron chi connectivity index (χ3n) is 7.49. The number of benzene rings is 2. The van der Waals surface area contributed by atoms with Crippen LogP contribution in [0.4, 0.5) is 11.8 Å². The molecule has 192 valence electrons. The summed E-state index contributed by atoms with van der Waals surface area (Å²) >= 11 is 7.75. The van der Waals surface area contributed by atoms with Gasteiger partial charge in [0.1, 0.15) is 11.8 Å². The van der Waals surface area contributed by atoms with Gasteiger partial charge in [-0.25, -0.2) is 19.5 Å². The van der Waals surface area contributed by atoms with Crippen molar-refractivity contribution in [2.75, 3.05) is 23.3 Å². The van der Waals surface area contributed by atoms with Gasteiger partial charge in [0, 0.05) is 33.5 Å². The van der Waals surface area contributed by atoms with Gasteiger partial charge >= 0.3 is 0 Å². The molecule has 1 saturated carbocycles. The first-order valence-corrected chi connectivity index (χ1v) is 13.9. The van der Waals surface area contributed by atoms with Crippen molar-refractivity contribution in [3.05, 3.63) is 71.6 Å². The van der Waals surface area contributed by atoms with Crippen LogP contribution in [0.15, 0.2) is 66.0 Å². The first-order chi connectivity index (χ1) is 18.6. The van der Waals surface area contributed by atoms with Crippen LogP contribution in [0, 0.1) is 5.41 Å². The van der Waals surface area contributed by atoms with E-state index in [0.29, 0.717) is 22.4 Å². The second kappa shape index (κ2) is 9.41. The number of aromatic nitrogens is 5. The van der Waals surface area contributed by atoms with Gasteiger partial charge < -0.3 is 14.8 Å². The van der Waals surface area contributed by atoms with Gasteiger partial charge in [0.05, 0.1) is 29.4 Å². The van der Waals surface area contributed by atoms with Crippen LogP contribution in [0.1, 0.15) is 25.3 Å². The molecule has 1 aliphatic heterocycles. The topological polar surface area (TPSA) is 89.3 Å². The highest BCUT2D eigenvalue weighted by molar-refractivity contribution is 8.00. The molecule has 2 aliphatic rings.